The predicted molar refractivity (Wildman–Crippen MR) is 326 cm³/mol. The van der Waals surface area contributed by atoms with E-state index < -0.39 is 12.1 Å². The van der Waals surface area contributed by atoms with Crippen LogP contribution >= 0.6 is 0 Å². The second kappa shape index (κ2) is 61.1. The number of ether oxygens (including phenoxy) is 9. The molecule has 0 radical (unpaired) electrons. The topological polar surface area (TPSA) is 195 Å². The normalized spacial score (nSPS) is 14.3. The molecule has 0 spiro atoms. The number of esters is 3. The van der Waals surface area contributed by atoms with Gasteiger partial charge in [0.15, 0.2) is 6.10 Å². The molecule has 0 fully saturated rings. The van der Waals surface area contributed by atoms with Crippen molar-refractivity contribution in [2.45, 2.75) is 333 Å². The Hall–Kier alpha value is -1.95. The molecule has 0 aliphatic carbocycles. The average Bonchev–Trinajstić information content (AvgIpc) is 3.47. The molecule has 0 aromatic rings. The number of aliphatic hydroxyl groups is 3. The molecule has 15 heteroatoms. The fraction of sp³-hybridized carbons (Fsp3) is 0.955. The molecule has 15 nitrogen and oxygen atoms in total. The number of hydrogen-bond acceptors (Lipinski definition) is 15. The lowest BCUT2D eigenvalue weighted by atomic mass is 9.99. The number of methoxy groups -OCH3 is 3. The summed E-state index contributed by atoms with van der Waals surface area (Å²) >= 11 is 0. The van der Waals surface area contributed by atoms with E-state index in [4.69, 9.17) is 42.6 Å². The molecule has 0 amide bonds. The van der Waals surface area contributed by atoms with Crippen molar-refractivity contribution in [2.24, 2.45) is 0 Å². The van der Waals surface area contributed by atoms with Crippen LogP contribution in [-0.2, 0) is 57.0 Å². The molecule has 0 heterocycles. The van der Waals surface area contributed by atoms with Gasteiger partial charge in [-0.2, -0.15) is 0 Å². The average molecular weight is 1160 g/mol. The Morgan fingerprint density at radius 3 is 0.802 bits per heavy atom. The van der Waals surface area contributed by atoms with E-state index in [1.54, 1.807) is 21.3 Å². The van der Waals surface area contributed by atoms with Crippen LogP contribution in [0.15, 0.2) is 0 Å². The van der Waals surface area contributed by atoms with Crippen LogP contribution in [0.2, 0.25) is 0 Å². The van der Waals surface area contributed by atoms with Crippen molar-refractivity contribution in [3.8, 4) is 0 Å². The van der Waals surface area contributed by atoms with E-state index >= 15 is 0 Å². The molecule has 6 atom stereocenters. The summed E-state index contributed by atoms with van der Waals surface area (Å²) < 4.78 is 52.6. The third kappa shape index (κ3) is 48.9. The van der Waals surface area contributed by atoms with Crippen molar-refractivity contribution >= 4 is 17.9 Å². The lowest BCUT2D eigenvalue weighted by Gasteiger charge is -2.26. The van der Waals surface area contributed by atoms with Gasteiger partial charge < -0.3 is 58.0 Å². The third-order valence-electron chi connectivity index (χ3n) is 15.7. The lowest BCUT2D eigenvalue weighted by Crippen LogP contribution is -2.32. The third-order valence-corrected chi connectivity index (χ3v) is 15.7. The fourth-order valence-corrected chi connectivity index (χ4v) is 10.8. The summed E-state index contributed by atoms with van der Waals surface area (Å²) in [5, 5.41) is 28.2. The minimum atomic E-state index is -0.883. The van der Waals surface area contributed by atoms with Gasteiger partial charge in [0.25, 0.3) is 0 Å². The van der Waals surface area contributed by atoms with Crippen LogP contribution < -0.4 is 0 Å². The Morgan fingerprint density at radius 1 is 0.309 bits per heavy atom. The van der Waals surface area contributed by atoms with Crippen molar-refractivity contribution in [1.82, 2.24) is 0 Å². The van der Waals surface area contributed by atoms with Crippen molar-refractivity contribution in [2.75, 3.05) is 74.2 Å². The quantitative estimate of drug-likeness (QED) is 0.0295. The zero-order valence-corrected chi connectivity index (χ0v) is 53.1. The number of carbonyl (C=O) groups excluding carboxylic acids is 3. The Kier molecular flexibility index (Phi) is 59.7. The van der Waals surface area contributed by atoms with E-state index in [1.807, 2.05) is 0 Å². The molecule has 0 rings (SSSR count). The van der Waals surface area contributed by atoms with Crippen LogP contribution in [-0.4, -0.2) is 150 Å². The van der Waals surface area contributed by atoms with E-state index in [1.165, 1.54) is 77.0 Å². The van der Waals surface area contributed by atoms with Gasteiger partial charge in [-0.25, -0.2) is 0 Å². The molecule has 0 saturated carbocycles. The maximum absolute atomic E-state index is 13.1. The fourth-order valence-electron chi connectivity index (χ4n) is 10.8. The first-order valence-electron chi connectivity index (χ1n) is 33.4. The van der Waals surface area contributed by atoms with Gasteiger partial charge in [-0.05, 0) is 57.8 Å². The second-order valence-corrected chi connectivity index (χ2v) is 22.8. The minimum absolute atomic E-state index is 0.000650. The van der Waals surface area contributed by atoms with Crippen LogP contribution in [0.25, 0.3) is 0 Å². The smallest absolute Gasteiger partial charge is 0.306 e. The molecule has 3 N–H and O–H groups in total. The van der Waals surface area contributed by atoms with Gasteiger partial charge in [-0.15, -0.1) is 0 Å². The van der Waals surface area contributed by atoms with Crippen LogP contribution in [0.1, 0.15) is 290 Å². The Bertz CT molecular complexity index is 1270. The number of aliphatic hydroxyl groups excluding tert-OH is 3. The van der Waals surface area contributed by atoms with E-state index in [9.17, 15) is 29.7 Å². The lowest BCUT2D eigenvalue weighted by molar-refractivity contribution is -0.167. The molecule has 0 bridgehead atoms. The summed E-state index contributed by atoms with van der Waals surface area (Å²) in [5.41, 5.74) is 0. The summed E-state index contributed by atoms with van der Waals surface area (Å²) in [5.74, 6) is -1.11. The van der Waals surface area contributed by atoms with Crippen LogP contribution in [0.3, 0.4) is 0 Å². The van der Waals surface area contributed by atoms with Crippen molar-refractivity contribution in [1.29, 1.82) is 0 Å². The van der Waals surface area contributed by atoms with E-state index in [0.29, 0.717) is 39.1 Å². The number of hydrogen-bond donors (Lipinski definition) is 3. The molecule has 0 aliphatic rings. The standard InChI is InChI=1S/C66H128O15/c1-7-10-13-22-31-40-58(73-4)61(76-52-49-67)43-34-25-16-19-28-37-46-64(70)79-55-57(81-66(72)48-39-30-21-18-27-36-45-63(78-54-51-69)60(75-6)42-33-24-15-12-9-3)56-80-65(71)47-38-29-20-17-26-35-44-62(77-53-50-68)59(74-5)41-32-23-14-11-8-2/h57-63,67-69H,7-56H2,1-6H3. The van der Waals surface area contributed by atoms with E-state index in [-0.39, 0.29) is 101 Å². The summed E-state index contributed by atoms with van der Waals surface area (Å²) in [7, 11) is 5.27. The molecule has 0 aliphatic heterocycles. The maximum Gasteiger partial charge on any atom is 0.306 e. The highest BCUT2D eigenvalue weighted by Crippen LogP contribution is 2.23. The molecule has 81 heavy (non-hydrogen) atoms. The number of rotatable bonds is 65. The SMILES string of the molecule is CCCCCCCC(OC)C(CCCCCCCCC(=O)OCC(COC(=O)CCCCCCCCC(OCCO)C(CCCCCCC)OC)OC(=O)CCCCCCCCC(OCCO)C(CCCCCCC)OC)OCCO. The molecule has 0 saturated heterocycles. The highest BCUT2D eigenvalue weighted by Gasteiger charge is 2.25. The first kappa shape index (κ1) is 79.0. The first-order chi connectivity index (χ1) is 39.7. The summed E-state index contributed by atoms with van der Waals surface area (Å²) in [6, 6.07) is 0. The Morgan fingerprint density at radius 2 is 0.543 bits per heavy atom. The molecular weight excluding hydrogens is 1030 g/mol. The van der Waals surface area contributed by atoms with Crippen molar-refractivity contribution in [3.05, 3.63) is 0 Å². The van der Waals surface area contributed by atoms with Gasteiger partial charge >= 0.3 is 17.9 Å². The Balaban J connectivity index is 5.05. The molecule has 0 aromatic carbocycles. The van der Waals surface area contributed by atoms with Gasteiger partial charge in [0, 0.05) is 40.6 Å². The largest absolute Gasteiger partial charge is 0.462 e. The van der Waals surface area contributed by atoms with Crippen LogP contribution in [0, 0.1) is 0 Å². The summed E-state index contributed by atoms with van der Waals surface area (Å²) in [6.07, 6.45) is 40.7. The number of carbonyl (C=O) groups is 3. The van der Waals surface area contributed by atoms with Gasteiger partial charge in [0.05, 0.1) is 76.3 Å². The summed E-state index contributed by atoms with van der Waals surface area (Å²) in [4.78, 5) is 38.9. The highest BCUT2D eigenvalue weighted by molar-refractivity contribution is 5.71. The maximum atomic E-state index is 13.1. The van der Waals surface area contributed by atoms with E-state index in [0.717, 1.165) is 154 Å². The van der Waals surface area contributed by atoms with Crippen LogP contribution in [0.5, 0.6) is 0 Å². The number of unbranched alkanes of at least 4 members (excludes halogenated alkanes) is 27. The molecular formula is C66H128O15. The second-order valence-electron chi connectivity index (χ2n) is 22.8. The molecule has 6 unspecified atom stereocenters. The van der Waals surface area contributed by atoms with Crippen molar-refractivity contribution in [3.63, 3.8) is 0 Å². The Labute approximate surface area is 495 Å². The van der Waals surface area contributed by atoms with Gasteiger partial charge in [0.1, 0.15) is 13.2 Å². The zero-order chi connectivity index (χ0) is 59.5. The van der Waals surface area contributed by atoms with Gasteiger partial charge in [-0.3, -0.25) is 14.4 Å². The molecule has 482 valence electrons. The van der Waals surface area contributed by atoms with Crippen LogP contribution in [0.4, 0.5) is 0 Å². The van der Waals surface area contributed by atoms with E-state index in [2.05, 4.69) is 20.8 Å². The summed E-state index contributed by atoms with van der Waals surface area (Å²) in [6.45, 7) is 7.28. The first-order valence-corrected chi connectivity index (χ1v) is 33.4. The zero-order valence-electron chi connectivity index (χ0n) is 53.1. The minimum Gasteiger partial charge on any atom is -0.462 e. The molecule has 0 aromatic heterocycles. The highest BCUT2D eigenvalue weighted by atomic mass is 16.6. The van der Waals surface area contributed by atoms with Gasteiger partial charge in [0.2, 0.25) is 0 Å². The van der Waals surface area contributed by atoms with Crippen molar-refractivity contribution < 1.29 is 72.3 Å². The monoisotopic (exact) mass is 1160 g/mol. The predicted octanol–water partition coefficient (Wildman–Crippen LogP) is 14.6. The van der Waals surface area contributed by atoms with Gasteiger partial charge in [-0.1, -0.05) is 213 Å².